The maximum atomic E-state index is 11.4. The number of rotatable bonds is 5. The van der Waals surface area contributed by atoms with E-state index in [4.69, 9.17) is 4.74 Å². The van der Waals surface area contributed by atoms with Crippen molar-refractivity contribution in [3.05, 3.63) is 29.3 Å². The third-order valence-electron chi connectivity index (χ3n) is 3.00. The van der Waals surface area contributed by atoms with E-state index in [1.807, 2.05) is 32.0 Å². The minimum Gasteiger partial charge on any atom is -0.491 e. The molecular formula is C14H19NO2. The van der Waals surface area contributed by atoms with Crippen LogP contribution in [-0.4, -0.2) is 19.1 Å². The van der Waals surface area contributed by atoms with Crippen LogP contribution in [-0.2, 0) is 4.79 Å². The van der Waals surface area contributed by atoms with Gasteiger partial charge in [0.2, 0.25) is 5.91 Å². The monoisotopic (exact) mass is 233 g/mol. The van der Waals surface area contributed by atoms with Gasteiger partial charge in [0.15, 0.2) is 0 Å². The number of hydrogen-bond donors (Lipinski definition) is 1. The Balaban J connectivity index is 1.75. The summed E-state index contributed by atoms with van der Waals surface area (Å²) in [6, 6.07) is 6.09. The first-order valence-corrected chi connectivity index (χ1v) is 6.15. The van der Waals surface area contributed by atoms with Gasteiger partial charge in [-0.25, -0.2) is 0 Å². The van der Waals surface area contributed by atoms with Crippen LogP contribution in [0.4, 0.5) is 0 Å². The van der Waals surface area contributed by atoms with Gasteiger partial charge in [-0.2, -0.15) is 0 Å². The van der Waals surface area contributed by atoms with E-state index in [1.54, 1.807) is 0 Å². The number of para-hydroxylation sites is 1. The topological polar surface area (TPSA) is 38.3 Å². The summed E-state index contributed by atoms with van der Waals surface area (Å²) < 4.78 is 5.70. The lowest BCUT2D eigenvalue weighted by Crippen LogP contribution is -2.29. The van der Waals surface area contributed by atoms with Gasteiger partial charge in [0.05, 0.1) is 6.54 Å². The Morgan fingerprint density at radius 2 is 2.00 bits per heavy atom. The van der Waals surface area contributed by atoms with Gasteiger partial charge < -0.3 is 10.1 Å². The molecule has 1 saturated carbocycles. The van der Waals surface area contributed by atoms with Gasteiger partial charge in [0, 0.05) is 5.92 Å². The van der Waals surface area contributed by atoms with Crippen LogP contribution in [0.1, 0.15) is 24.0 Å². The van der Waals surface area contributed by atoms with Crippen molar-refractivity contribution in [2.75, 3.05) is 13.2 Å². The van der Waals surface area contributed by atoms with Crippen LogP contribution < -0.4 is 10.1 Å². The molecule has 0 radical (unpaired) electrons. The fourth-order valence-corrected chi connectivity index (χ4v) is 1.84. The number of benzene rings is 1. The number of hydrogen-bond acceptors (Lipinski definition) is 2. The molecule has 2 rings (SSSR count). The van der Waals surface area contributed by atoms with E-state index in [9.17, 15) is 4.79 Å². The van der Waals surface area contributed by atoms with Crippen molar-refractivity contribution >= 4 is 5.91 Å². The van der Waals surface area contributed by atoms with Crippen molar-refractivity contribution in [3.63, 3.8) is 0 Å². The molecule has 1 aromatic carbocycles. The van der Waals surface area contributed by atoms with E-state index in [-0.39, 0.29) is 11.8 Å². The summed E-state index contributed by atoms with van der Waals surface area (Å²) in [5.41, 5.74) is 2.28. The van der Waals surface area contributed by atoms with Crippen LogP contribution in [0, 0.1) is 19.8 Å². The first-order chi connectivity index (χ1) is 8.18. The van der Waals surface area contributed by atoms with Crippen LogP contribution >= 0.6 is 0 Å². The second kappa shape index (κ2) is 5.21. The van der Waals surface area contributed by atoms with Crippen molar-refractivity contribution in [1.29, 1.82) is 0 Å². The highest BCUT2D eigenvalue weighted by molar-refractivity contribution is 5.80. The lowest BCUT2D eigenvalue weighted by Gasteiger charge is -2.12. The van der Waals surface area contributed by atoms with Gasteiger partial charge >= 0.3 is 0 Å². The normalized spacial score (nSPS) is 14.5. The molecule has 3 nitrogen and oxygen atoms in total. The average Bonchev–Trinajstić information content (AvgIpc) is 3.11. The molecule has 0 bridgehead atoms. The predicted octanol–water partition coefficient (Wildman–Crippen LogP) is 2.21. The van der Waals surface area contributed by atoms with Crippen molar-refractivity contribution in [2.45, 2.75) is 26.7 Å². The molecule has 0 spiro atoms. The van der Waals surface area contributed by atoms with Crippen LogP contribution in [0.3, 0.4) is 0 Å². The highest BCUT2D eigenvalue weighted by Gasteiger charge is 2.28. The summed E-state index contributed by atoms with van der Waals surface area (Å²) in [6.45, 7) is 5.18. The van der Waals surface area contributed by atoms with Gasteiger partial charge in [-0.1, -0.05) is 18.2 Å². The number of nitrogens with one attached hydrogen (secondary N) is 1. The Labute approximate surface area is 102 Å². The Hall–Kier alpha value is -1.51. The summed E-state index contributed by atoms with van der Waals surface area (Å²) in [4.78, 5) is 11.4. The lowest BCUT2D eigenvalue weighted by atomic mass is 10.1. The van der Waals surface area contributed by atoms with Crippen molar-refractivity contribution in [1.82, 2.24) is 5.32 Å². The molecule has 1 aliphatic rings. The van der Waals surface area contributed by atoms with E-state index in [1.165, 1.54) is 0 Å². The van der Waals surface area contributed by atoms with Gasteiger partial charge in [-0.15, -0.1) is 0 Å². The molecule has 0 atom stereocenters. The van der Waals surface area contributed by atoms with Crippen LogP contribution in [0.15, 0.2) is 18.2 Å². The molecule has 0 aliphatic heterocycles. The van der Waals surface area contributed by atoms with Gasteiger partial charge in [0.1, 0.15) is 12.4 Å². The molecule has 0 aromatic heterocycles. The third kappa shape index (κ3) is 3.22. The molecule has 1 aromatic rings. The summed E-state index contributed by atoms with van der Waals surface area (Å²) >= 11 is 0. The molecule has 1 aliphatic carbocycles. The maximum Gasteiger partial charge on any atom is 0.223 e. The molecular weight excluding hydrogens is 214 g/mol. The first-order valence-electron chi connectivity index (χ1n) is 6.15. The summed E-state index contributed by atoms with van der Waals surface area (Å²) in [5.74, 6) is 1.39. The molecule has 92 valence electrons. The SMILES string of the molecule is Cc1cccc(C)c1OCCNC(=O)C1CC1. The number of carbonyl (C=O) groups excluding carboxylic acids is 1. The predicted molar refractivity (Wildman–Crippen MR) is 67.1 cm³/mol. The van der Waals surface area contributed by atoms with E-state index >= 15 is 0 Å². The maximum absolute atomic E-state index is 11.4. The first kappa shape index (κ1) is 12.0. The minimum absolute atomic E-state index is 0.176. The Kier molecular flexibility index (Phi) is 3.67. The molecule has 1 fully saturated rings. The van der Waals surface area contributed by atoms with E-state index in [0.717, 1.165) is 29.7 Å². The second-order valence-electron chi connectivity index (χ2n) is 4.63. The van der Waals surface area contributed by atoms with E-state index in [2.05, 4.69) is 5.32 Å². The standard InChI is InChI=1S/C14H19NO2/c1-10-4-3-5-11(2)13(10)17-9-8-15-14(16)12-6-7-12/h3-5,12H,6-9H2,1-2H3,(H,15,16). The van der Waals surface area contributed by atoms with E-state index < -0.39 is 0 Å². The quantitative estimate of drug-likeness (QED) is 0.792. The zero-order valence-electron chi connectivity index (χ0n) is 10.5. The van der Waals surface area contributed by atoms with Gasteiger partial charge in [-0.3, -0.25) is 4.79 Å². The Morgan fingerprint density at radius 3 is 2.59 bits per heavy atom. The highest BCUT2D eigenvalue weighted by Crippen LogP contribution is 2.28. The summed E-state index contributed by atoms with van der Waals surface area (Å²) in [7, 11) is 0. The van der Waals surface area contributed by atoms with Gasteiger partial charge in [0.25, 0.3) is 0 Å². The zero-order chi connectivity index (χ0) is 12.3. The van der Waals surface area contributed by atoms with Crippen LogP contribution in [0.2, 0.25) is 0 Å². The lowest BCUT2D eigenvalue weighted by molar-refractivity contribution is -0.122. The molecule has 0 heterocycles. The molecule has 17 heavy (non-hydrogen) atoms. The third-order valence-corrected chi connectivity index (χ3v) is 3.00. The number of aryl methyl sites for hydroxylation is 2. The smallest absolute Gasteiger partial charge is 0.223 e. The molecule has 0 unspecified atom stereocenters. The molecule has 0 saturated heterocycles. The van der Waals surface area contributed by atoms with Crippen LogP contribution in [0.5, 0.6) is 5.75 Å². The van der Waals surface area contributed by atoms with Crippen molar-refractivity contribution in [2.24, 2.45) is 5.92 Å². The molecule has 3 heteroatoms. The van der Waals surface area contributed by atoms with Gasteiger partial charge in [-0.05, 0) is 37.8 Å². The summed E-state index contributed by atoms with van der Waals surface area (Å²) in [5, 5.41) is 2.89. The second-order valence-corrected chi connectivity index (χ2v) is 4.63. The zero-order valence-corrected chi connectivity index (χ0v) is 10.5. The van der Waals surface area contributed by atoms with Crippen LogP contribution in [0.25, 0.3) is 0 Å². The fourth-order valence-electron chi connectivity index (χ4n) is 1.84. The van der Waals surface area contributed by atoms with Crippen molar-refractivity contribution in [3.8, 4) is 5.75 Å². The Bertz CT molecular complexity index is 390. The highest BCUT2D eigenvalue weighted by atomic mass is 16.5. The summed E-state index contributed by atoms with van der Waals surface area (Å²) in [6.07, 6.45) is 2.09. The number of carbonyl (C=O) groups is 1. The van der Waals surface area contributed by atoms with E-state index in [0.29, 0.717) is 13.2 Å². The van der Waals surface area contributed by atoms with Crippen molar-refractivity contribution < 1.29 is 9.53 Å². The number of amides is 1. The molecule has 1 amide bonds. The fraction of sp³-hybridized carbons (Fsp3) is 0.500. The Morgan fingerprint density at radius 1 is 1.35 bits per heavy atom. The number of ether oxygens (including phenoxy) is 1. The average molecular weight is 233 g/mol. The minimum atomic E-state index is 0.176. The molecule has 1 N–H and O–H groups in total. The largest absolute Gasteiger partial charge is 0.491 e.